The summed E-state index contributed by atoms with van der Waals surface area (Å²) in [4.78, 5) is 31.9. The number of fused-ring (bicyclic) bond motifs is 1. The van der Waals surface area contributed by atoms with Crippen LogP contribution in [0.1, 0.15) is 5.69 Å². The number of hydrogen-bond acceptors (Lipinski definition) is 4. The molecule has 4 rings (SSSR count). The van der Waals surface area contributed by atoms with Crippen molar-refractivity contribution in [3.63, 3.8) is 0 Å². The molecule has 0 aliphatic carbocycles. The molecule has 3 heterocycles. The first-order valence-electron chi connectivity index (χ1n) is 8.68. The van der Waals surface area contributed by atoms with E-state index in [1.807, 2.05) is 47.5 Å². The first-order chi connectivity index (χ1) is 12.7. The second-order valence-corrected chi connectivity index (χ2v) is 6.34. The SMILES string of the molecule is O=C(Cc1n[nH]c(=O)c2ccccc12)N1CCN(c2cccc[nH+]2)CC1. The molecule has 7 nitrogen and oxygen atoms in total. The Morgan fingerprint density at radius 1 is 1.04 bits per heavy atom. The molecular formula is C19H20N5O2+. The predicted molar refractivity (Wildman–Crippen MR) is 97.9 cm³/mol. The molecule has 132 valence electrons. The van der Waals surface area contributed by atoms with Gasteiger partial charge in [-0.05, 0) is 12.1 Å². The molecule has 2 N–H and O–H groups in total. The highest BCUT2D eigenvalue weighted by Gasteiger charge is 2.26. The largest absolute Gasteiger partial charge is 0.335 e. The summed E-state index contributed by atoms with van der Waals surface area (Å²) in [7, 11) is 0. The van der Waals surface area contributed by atoms with E-state index in [1.54, 1.807) is 6.07 Å². The number of amides is 1. The fraction of sp³-hybridized carbons (Fsp3) is 0.263. The van der Waals surface area contributed by atoms with Crippen molar-refractivity contribution in [3.05, 3.63) is 64.7 Å². The zero-order valence-electron chi connectivity index (χ0n) is 14.3. The third-order valence-electron chi connectivity index (χ3n) is 4.76. The number of aromatic nitrogens is 3. The summed E-state index contributed by atoms with van der Waals surface area (Å²) in [5, 5.41) is 7.90. The fourth-order valence-electron chi connectivity index (χ4n) is 3.34. The molecule has 0 spiro atoms. The Morgan fingerprint density at radius 2 is 1.77 bits per heavy atom. The van der Waals surface area contributed by atoms with E-state index in [0.717, 1.165) is 24.3 Å². The molecule has 0 bridgehead atoms. The lowest BCUT2D eigenvalue weighted by atomic mass is 10.1. The number of benzene rings is 1. The molecule has 1 saturated heterocycles. The van der Waals surface area contributed by atoms with Crippen LogP contribution in [0.3, 0.4) is 0 Å². The quantitative estimate of drug-likeness (QED) is 0.751. The van der Waals surface area contributed by atoms with Gasteiger partial charge in [-0.3, -0.25) is 14.5 Å². The van der Waals surface area contributed by atoms with E-state index in [9.17, 15) is 9.59 Å². The van der Waals surface area contributed by atoms with Crippen molar-refractivity contribution < 1.29 is 9.78 Å². The summed E-state index contributed by atoms with van der Waals surface area (Å²) in [5.74, 6) is 1.10. The highest BCUT2D eigenvalue weighted by atomic mass is 16.2. The van der Waals surface area contributed by atoms with Crippen molar-refractivity contribution in [2.75, 3.05) is 31.1 Å². The highest BCUT2D eigenvalue weighted by Crippen LogP contribution is 2.15. The van der Waals surface area contributed by atoms with E-state index >= 15 is 0 Å². The van der Waals surface area contributed by atoms with Crippen LogP contribution in [0, 0.1) is 0 Å². The molecule has 1 aromatic carbocycles. The van der Waals surface area contributed by atoms with E-state index in [4.69, 9.17) is 0 Å². The first-order valence-corrected chi connectivity index (χ1v) is 8.68. The molecule has 1 fully saturated rings. The van der Waals surface area contributed by atoms with Crippen LogP contribution in [0.4, 0.5) is 5.82 Å². The number of nitrogens with one attached hydrogen (secondary N) is 2. The molecule has 7 heteroatoms. The molecule has 26 heavy (non-hydrogen) atoms. The highest BCUT2D eigenvalue weighted by molar-refractivity contribution is 5.88. The van der Waals surface area contributed by atoms with Gasteiger partial charge in [0.05, 0.1) is 36.8 Å². The lowest BCUT2D eigenvalue weighted by Crippen LogP contribution is -2.50. The molecular weight excluding hydrogens is 330 g/mol. The maximum Gasteiger partial charge on any atom is 0.274 e. The number of anilines is 1. The molecule has 0 saturated carbocycles. The van der Waals surface area contributed by atoms with Gasteiger partial charge >= 0.3 is 0 Å². The number of rotatable bonds is 3. The maximum atomic E-state index is 12.7. The molecule has 3 aromatic rings. The summed E-state index contributed by atoms with van der Waals surface area (Å²) in [6.45, 7) is 2.91. The van der Waals surface area contributed by atoms with Gasteiger partial charge in [0.25, 0.3) is 11.4 Å². The number of nitrogens with zero attached hydrogens (tertiary/aromatic N) is 3. The summed E-state index contributed by atoms with van der Waals surface area (Å²) < 4.78 is 0. The topological polar surface area (TPSA) is 83.4 Å². The molecule has 1 amide bonds. The van der Waals surface area contributed by atoms with Crippen LogP contribution in [-0.4, -0.2) is 47.2 Å². The number of aromatic amines is 2. The zero-order valence-corrected chi connectivity index (χ0v) is 14.3. The second-order valence-electron chi connectivity index (χ2n) is 6.34. The molecule has 1 aliphatic rings. The minimum absolute atomic E-state index is 0.0337. The number of H-pyrrole nitrogens is 2. The Kier molecular flexibility index (Phi) is 4.35. The zero-order chi connectivity index (χ0) is 17.9. The van der Waals surface area contributed by atoms with E-state index < -0.39 is 0 Å². The molecule has 1 aliphatic heterocycles. The Hall–Kier alpha value is -3.22. The van der Waals surface area contributed by atoms with Gasteiger partial charge in [0.15, 0.2) is 0 Å². The average molecular weight is 350 g/mol. The minimum Gasteiger partial charge on any atom is -0.335 e. The number of piperazine rings is 1. The minimum atomic E-state index is -0.232. The third-order valence-corrected chi connectivity index (χ3v) is 4.76. The van der Waals surface area contributed by atoms with E-state index in [0.29, 0.717) is 24.2 Å². The molecule has 0 atom stereocenters. The smallest absolute Gasteiger partial charge is 0.274 e. The van der Waals surface area contributed by atoms with Gasteiger partial charge in [-0.1, -0.05) is 24.3 Å². The van der Waals surface area contributed by atoms with Crippen molar-refractivity contribution in [3.8, 4) is 0 Å². The number of hydrogen-bond donors (Lipinski definition) is 1. The van der Waals surface area contributed by atoms with Crippen LogP contribution in [0.25, 0.3) is 10.8 Å². The first kappa shape index (κ1) is 16.3. The number of pyridine rings is 1. The molecule has 0 radical (unpaired) electrons. The van der Waals surface area contributed by atoms with Gasteiger partial charge in [0.2, 0.25) is 5.91 Å². The Balaban J connectivity index is 1.45. The van der Waals surface area contributed by atoms with Gasteiger partial charge in [-0.15, -0.1) is 0 Å². The number of carbonyl (C=O) groups excluding carboxylic acids is 1. The molecule has 0 unspecified atom stereocenters. The Bertz CT molecular complexity index is 978. The van der Waals surface area contributed by atoms with Crippen molar-refractivity contribution in [2.24, 2.45) is 0 Å². The van der Waals surface area contributed by atoms with Crippen molar-refractivity contribution in [1.29, 1.82) is 0 Å². The maximum absolute atomic E-state index is 12.7. The van der Waals surface area contributed by atoms with Crippen LogP contribution >= 0.6 is 0 Å². The lowest BCUT2D eigenvalue weighted by molar-refractivity contribution is -0.364. The van der Waals surface area contributed by atoms with Gasteiger partial charge in [-0.25, -0.2) is 10.1 Å². The van der Waals surface area contributed by atoms with Gasteiger partial charge < -0.3 is 4.90 Å². The Labute approximate surface area is 150 Å². The predicted octanol–water partition coefficient (Wildman–Crippen LogP) is 0.628. The van der Waals surface area contributed by atoms with Crippen LogP contribution in [0.2, 0.25) is 0 Å². The summed E-state index contributed by atoms with van der Waals surface area (Å²) in [6.07, 6.45) is 2.09. The monoisotopic (exact) mass is 350 g/mol. The summed E-state index contributed by atoms with van der Waals surface area (Å²) in [5.41, 5.74) is 0.383. The van der Waals surface area contributed by atoms with Crippen molar-refractivity contribution in [1.82, 2.24) is 15.1 Å². The van der Waals surface area contributed by atoms with Crippen LogP contribution in [-0.2, 0) is 11.2 Å². The van der Waals surface area contributed by atoms with Crippen LogP contribution in [0.15, 0.2) is 53.5 Å². The van der Waals surface area contributed by atoms with E-state index in [2.05, 4.69) is 20.1 Å². The standard InChI is InChI=1S/C19H19N5O2/c25-18(13-16-14-5-1-2-6-15(14)19(26)22-21-16)24-11-9-23(10-12-24)17-7-3-4-8-20-17/h1-8H,9-13H2,(H,22,26)/p+1. The fourth-order valence-corrected chi connectivity index (χ4v) is 3.34. The van der Waals surface area contributed by atoms with Gasteiger partial charge in [0.1, 0.15) is 13.1 Å². The van der Waals surface area contributed by atoms with Gasteiger partial charge in [-0.2, -0.15) is 5.10 Å². The third kappa shape index (κ3) is 3.15. The van der Waals surface area contributed by atoms with Crippen molar-refractivity contribution in [2.45, 2.75) is 6.42 Å². The van der Waals surface area contributed by atoms with Crippen LogP contribution in [0.5, 0.6) is 0 Å². The van der Waals surface area contributed by atoms with Crippen LogP contribution < -0.4 is 15.4 Å². The summed E-state index contributed by atoms with van der Waals surface area (Å²) in [6, 6.07) is 13.2. The van der Waals surface area contributed by atoms with Crippen molar-refractivity contribution >= 4 is 22.5 Å². The van der Waals surface area contributed by atoms with E-state index in [1.165, 1.54) is 0 Å². The van der Waals surface area contributed by atoms with Gasteiger partial charge in [0, 0.05) is 11.5 Å². The summed E-state index contributed by atoms with van der Waals surface area (Å²) >= 11 is 0. The Morgan fingerprint density at radius 3 is 2.50 bits per heavy atom. The average Bonchev–Trinajstić information content (AvgIpc) is 2.71. The second kappa shape index (κ2) is 6.95. The molecule has 2 aromatic heterocycles. The van der Waals surface area contributed by atoms with E-state index in [-0.39, 0.29) is 17.9 Å². The lowest BCUT2D eigenvalue weighted by Gasteiger charge is -2.31. The normalized spacial score (nSPS) is 14.6. The number of carbonyl (C=O) groups is 1.